The SMILES string of the molecule is CCC(=O)OC(=O)CC.CCC(=O)OC(CCl)COc1ccc(C(C)(C)c2ccc(OCC(COC)OC(=O)CC)cc2)cc1.COCC(O)COc1ccc(C(C)(C)c2ccc(OCC(O)CCl)cc2)cc1. The predicted octanol–water partition coefficient (Wildman–Crippen LogP) is 9.55. The number of methoxy groups -OCH3 is 2. The highest BCUT2D eigenvalue weighted by Crippen LogP contribution is 2.35. The van der Waals surface area contributed by atoms with Gasteiger partial charge < -0.3 is 52.8 Å². The van der Waals surface area contributed by atoms with E-state index < -0.39 is 36.4 Å². The fourth-order valence-corrected chi connectivity index (χ4v) is 6.72. The van der Waals surface area contributed by atoms with Crippen LogP contribution in [0.4, 0.5) is 0 Å². The molecule has 0 saturated heterocycles. The summed E-state index contributed by atoms with van der Waals surface area (Å²) < 4.78 is 47.6. The summed E-state index contributed by atoms with van der Waals surface area (Å²) in [7, 11) is 3.10. The van der Waals surface area contributed by atoms with Crippen LogP contribution in [-0.2, 0) is 53.7 Å². The van der Waals surface area contributed by atoms with Crippen molar-refractivity contribution in [3.63, 3.8) is 0 Å². The van der Waals surface area contributed by atoms with Crippen LogP contribution in [0.5, 0.6) is 23.0 Å². The zero-order chi connectivity index (χ0) is 54.4. The van der Waals surface area contributed by atoms with Crippen molar-refractivity contribution in [3.05, 3.63) is 119 Å². The molecule has 0 fully saturated rings. The van der Waals surface area contributed by atoms with E-state index in [0.29, 0.717) is 35.8 Å². The van der Waals surface area contributed by atoms with Crippen molar-refractivity contribution in [2.45, 2.75) is 116 Å². The average molecular weight is 1060 g/mol. The van der Waals surface area contributed by atoms with E-state index in [2.05, 4.69) is 32.4 Å². The molecule has 0 aliphatic rings. The Bertz CT molecular complexity index is 2170. The number of esters is 4. The minimum absolute atomic E-state index is 0.149. The molecule has 4 atom stereocenters. The lowest BCUT2D eigenvalue weighted by Crippen LogP contribution is -2.29. The second kappa shape index (κ2) is 34.1. The van der Waals surface area contributed by atoms with Gasteiger partial charge in [0.25, 0.3) is 0 Å². The average Bonchev–Trinajstić information content (AvgIpc) is 3.40. The number of benzene rings is 4. The fourth-order valence-electron chi connectivity index (χ4n) is 6.47. The molecule has 4 aromatic carbocycles. The molecule has 0 bridgehead atoms. The highest BCUT2D eigenvalue weighted by molar-refractivity contribution is 6.18. The molecule has 404 valence electrons. The van der Waals surface area contributed by atoms with Crippen LogP contribution in [-0.4, -0.2) is 124 Å². The number of hydrogen-bond donors (Lipinski definition) is 2. The molecule has 73 heavy (non-hydrogen) atoms. The second-order valence-electron chi connectivity index (χ2n) is 17.6. The van der Waals surface area contributed by atoms with Crippen LogP contribution in [0.25, 0.3) is 0 Å². The van der Waals surface area contributed by atoms with Crippen molar-refractivity contribution in [1.29, 1.82) is 0 Å². The van der Waals surface area contributed by atoms with Crippen LogP contribution in [0.2, 0.25) is 0 Å². The first-order valence-corrected chi connectivity index (χ1v) is 25.4. The number of carbonyl (C=O) groups excluding carboxylic acids is 4. The molecule has 0 saturated carbocycles. The summed E-state index contributed by atoms with van der Waals surface area (Å²) in [6, 6.07) is 31.4. The smallest absolute Gasteiger partial charge is 0.313 e. The van der Waals surface area contributed by atoms with Gasteiger partial charge in [-0.3, -0.25) is 19.2 Å². The van der Waals surface area contributed by atoms with Gasteiger partial charge in [-0.2, -0.15) is 0 Å². The fraction of sp³-hybridized carbons (Fsp3) is 0.500. The Labute approximate surface area is 441 Å². The van der Waals surface area contributed by atoms with Gasteiger partial charge in [0.15, 0.2) is 6.10 Å². The van der Waals surface area contributed by atoms with Gasteiger partial charge in [-0.05, 0) is 70.8 Å². The third-order valence-corrected chi connectivity index (χ3v) is 11.8. The molecule has 2 N–H and O–H groups in total. The minimum atomic E-state index is -0.672. The van der Waals surface area contributed by atoms with Crippen LogP contribution in [0.15, 0.2) is 97.1 Å². The maximum absolute atomic E-state index is 11.6. The van der Waals surface area contributed by atoms with Gasteiger partial charge >= 0.3 is 23.9 Å². The Kier molecular flexibility index (Phi) is 29.8. The zero-order valence-corrected chi connectivity index (χ0v) is 45.5. The van der Waals surface area contributed by atoms with Crippen LogP contribution in [0, 0.1) is 0 Å². The molecule has 4 rings (SSSR count). The van der Waals surface area contributed by atoms with E-state index in [1.807, 2.05) is 97.1 Å². The minimum Gasteiger partial charge on any atom is -0.491 e. The molecule has 0 spiro atoms. The standard InChI is InChI=1S/C28H37ClO7.C22H29ClO5.C6H10O3/c1-6-26(30)35-24(16-29)18-33-22-12-8-20(9-13-22)28(3,4)21-10-14-23(15-11-21)34-19-25(17-32-5)36-27(31)7-2;1-22(2,16-4-8-20(9-5-16)27-14-18(24)12-23)17-6-10-21(11-7-17)28-15-19(25)13-26-3;1-3-5(7)9-6(8)4-2/h8-15,24-25H,6-7,16-19H2,1-5H3;4-11,18-19,24-25H,12-15H2,1-3H3;3-4H2,1-2H3. The van der Waals surface area contributed by atoms with Gasteiger partial charge in [0.1, 0.15) is 67.7 Å². The van der Waals surface area contributed by atoms with E-state index >= 15 is 0 Å². The van der Waals surface area contributed by atoms with Gasteiger partial charge in [0.2, 0.25) is 0 Å². The van der Waals surface area contributed by atoms with E-state index in [0.717, 1.165) is 22.3 Å². The lowest BCUT2D eigenvalue weighted by molar-refractivity contribution is -0.159. The second-order valence-corrected chi connectivity index (χ2v) is 18.2. The van der Waals surface area contributed by atoms with E-state index in [1.165, 1.54) is 0 Å². The number of aliphatic hydroxyl groups excluding tert-OH is 2. The lowest BCUT2D eigenvalue weighted by atomic mass is 9.78. The molecule has 15 nitrogen and oxygen atoms in total. The molecule has 4 unspecified atom stereocenters. The molecule has 0 radical (unpaired) electrons. The van der Waals surface area contributed by atoms with E-state index in [-0.39, 0.29) is 87.0 Å². The van der Waals surface area contributed by atoms with Crippen LogP contribution >= 0.6 is 23.2 Å². The molecule has 0 aliphatic heterocycles. The molecule has 17 heteroatoms. The Morgan fingerprint density at radius 2 is 0.726 bits per heavy atom. The first kappa shape index (κ1) is 63.7. The highest BCUT2D eigenvalue weighted by Gasteiger charge is 2.25. The van der Waals surface area contributed by atoms with Crippen LogP contribution in [0.3, 0.4) is 0 Å². The van der Waals surface area contributed by atoms with Gasteiger partial charge in [0.05, 0.1) is 25.0 Å². The lowest BCUT2D eigenvalue weighted by Gasteiger charge is -2.27. The monoisotopic (exact) mass is 1060 g/mol. The van der Waals surface area contributed by atoms with Crippen molar-refractivity contribution in [3.8, 4) is 23.0 Å². The normalized spacial score (nSPS) is 12.7. The maximum atomic E-state index is 11.6. The van der Waals surface area contributed by atoms with E-state index in [9.17, 15) is 29.4 Å². The molecule has 0 heterocycles. The number of halogens is 2. The quantitative estimate of drug-likeness (QED) is 0.0236. The zero-order valence-electron chi connectivity index (χ0n) is 44.0. The van der Waals surface area contributed by atoms with Crippen molar-refractivity contribution < 1.29 is 72.0 Å². The summed E-state index contributed by atoms with van der Waals surface area (Å²) in [5.74, 6) is 1.59. The summed E-state index contributed by atoms with van der Waals surface area (Å²) in [5, 5.41) is 19.1. The van der Waals surface area contributed by atoms with Gasteiger partial charge in [0, 0.05) is 50.7 Å². The number of rotatable bonds is 28. The molecular formula is C56H76Cl2O15. The molecule has 0 aromatic heterocycles. The number of alkyl halides is 2. The molecular weight excluding hydrogens is 984 g/mol. The maximum Gasteiger partial charge on any atom is 0.313 e. The van der Waals surface area contributed by atoms with Gasteiger partial charge in [-0.15, -0.1) is 23.2 Å². The largest absolute Gasteiger partial charge is 0.491 e. The summed E-state index contributed by atoms with van der Waals surface area (Å²) in [6.45, 7) is 16.7. The molecule has 0 aliphatic carbocycles. The molecule has 0 amide bonds. The third-order valence-electron chi connectivity index (χ3n) is 11.1. The summed E-state index contributed by atoms with van der Waals surface area (Å²) in [4.78, 5) is 43.7. The number of carbonyl (C=O) groups is 4. The van der Waals surface area contributed by atoms with Crippen molar-refractivity contribution >= 4 is 47.1 Å². The van der Waals surface area contributed by atoms with Crippen molar-refractivity contribution in [2.75, 3.05) is 65.6 Å². The number of aliphatic hydroxyl groups is 2. The third kappa shape index (κ3) is 23.6. The van der Waals surface area contributed by atoms with Crippen molar-refractivity contribution in [2.24, 2.45) is 0 Å². The Morgan fingerprint density at radius 3 is 1.03 bits per heavy atom. The molecule has 4 aromatic rings. The predicted molar refractivity (Wildman–Crippen MR) is 281 cm³/mol. The van der Waals surface area contributed by atoms with Gasteiger partial charge in [-0.25, -0.2) is 0 Å². The topological polar surface area (TPSA) is 192 Å². The number of hydrogen-bond acceptors (Lipinski definition) is 15. The Balaban J connectivity index is 0.000000436. The van der Waals surface area contributed by atoms with E-state index in [1.54, 1.807) is 41.9 Å². The van der Waals surface area contributed by atoms with Crippen molar-refractivity contribution in [1.82, 2.24) is 0 Å². The van der Waals surface area contributed by atoms with Gasteiger partial charge in [-0.1, -0.05) is 104 Å². The van der Waals surface area contributed by atoms with E-state index in [4.69, 9.17) is 61.1 Å². The summed E-state index contributed by atoms with van der Waals surface area (Å²) >= 11 is 11.5. The summed E-state index contributed by atoms with van der Waals surface area (Å²) in [6.07, 6.45) is -1.15. The first-order valence-electron chi connectivity index (χ1n) is 24.3. The summed E-state index contributed by atoms with van der Waals surface area (Å²) in [5.41, 5.74) is 4.04. The van der Waals surface area contributed by atoms with Crippen LogP contribution in [0.1, 0.15) is 103 Å². The highest BCUT2D eigenvalue weighted by atomic mass is 35.5. The number of ether oxygens (including phenoxy) is 9. The van der Waals surface area contributed by atoms with Crippen LogP contribution < -0.4 is 18.9 Å². The Morgan fingerprint density at radius 1 is 0.425 bits per heavy atom. The Hall–Kier alpha value is -5.42. The first-order chi connectivity index (χ1) is 34.8.